The Morgan fingerprint density at radius 1 is 0.833 bits per heavy atom. The second kappa shape index (κ2) is 8.61. The van der Waals surface area contributed by atoms with E-state index in [0.29, 0.717) is 5.82 Å². The summed E-state index contributed by atoms with van der Waals surface area (Å²) >= 11 is 0. The van der Waals surface area contributed by atoms with Crippen LogP contribution < -0.4 is 0 Å². The Morgan fingerprint density at radius 3 is 2.13 bits per heavy atom. The predicted molar refractivity (Wildman–Crippen MR) is 114 cm³/mol. The third kappa shape index (κ3) is 4.48. The minimum absolute atomic E-state index is 0.0228. The van der Waals surface area contributed by atoms with Gasteiger partial charge in [0.05, 0.1) is 11.4 Å². The summed E-state index contributed by atoms with van der Waals surface area (Å²) in [4.78, 5) is 4.64. The Bertz CT molecular complexity index is 1210. The molecule has 0 fully saturated rings. The van der Waals surface area contributed by atoms with Crippen LogP contribution in [0.4, 0.5) is 0 Å². The molecule has 0 radical (unpaired) electrons. The lowest BCUT2D eigenvalue weighted by Gasteiger charge is -2.20. The van der Waals surface area contributed by atoms with E-state index in [1.54, 1.807) is 30.3 Å². The summed E-state index contributed by atoms with van der Waals surface area (Å²) in [6, 6.07) is 25.5. The van der Waals surface area contributed by atoms with Crippen LogP contribution in [0.1, 0.15) is 17.0 Å². The second-order valence-electron chi connectivity index (χ2n) is 6.95. The second-order valence-corrected chi connectivity index (χ2v) is 8.89. The van der Waals surface area contributed by atoms with E-state index in [1.807, 2.05) is 61.5 Å². The van der Waals surface area contributed by atoms with Crippen LogP contribution in [-0.2, 0) is 23.1 Å². The zero-order valence-corrected chi connectivity index (χ0v) is 17.3. The molecule has 0 amide bonds. The number of sulfonamides is 1. The molecular weight excluding hydrogens is 398 g/mol. The number of nitrogens with zero attached hydrogens (tertiary/aromatic N) is 3. The molecule has 0 atom stereocenters. The highest BCUT2D eigenvalue weighted by molar-refractivity contribution is 7.89. The van der Waals surface area contributed by atoms with Crippen LogP contribution in [0.2, 0.25) is 0 Å². The van der Waals surface area contributed by atoms with Crippen LogP contribution in [0.25, 0.3) is 11.4 Å². The summed E-state index contributed by atoms with van der Waals surface area (Å²) in [5.41, 5.74) is 2.82. The Labute approximate surface area is 175 Å². The fourth-order valence-corrected chi connectivity index (χ4v) is 4.44. The molecule has 7 heteroatoms. The molecule has 152 valence electrons. The van der Waals surface area contributed by atoms with Crippen molar-refractivity contribution < 1.29 is 12.9 Å². The molecule has 0 saturated carbocycles. The molecule has 0 aliphatic rings. The maximum atomic E-state index is 13.3. The SMILES string of the molecule is Cc1ccc(-c2noc(CN(Cc3ccccc3)S(=O)(=O)c3ccccc3)n2)cc1. The van der Waals surface area contributed by atoms with Gasteiger partial charge in [-0.15, -0.1) is 0 Å². The first kappa shape index (κ1) is 20.0. The van der Waals surface area contributed by atoms with Gasteiger partial charge in [0, 0.05) is 12.1 Å². The van der Waals surface area contributed by atoms with Gasteiger partial charge in [-0.25, -0.2) is 8.42 Å². The van der Waals surface area contributed by atoms with E-state index in [2.05, 4.69) is 10.1 Å². The van der Waals surface area contributed by atoms with Gasteiger partial charge in [-0.1, -0.05) is 83.5 Å². The maximum Gasteiger partial charge on any atom is 0.243 e. The van der Waals surface area contributed by atoms with Crippen molar-refractivity contribution in [1.82, 2.24) is 14.4 Å². The van der Waals surface area contributed by atoms with Gasteiger partial charge in [0.1, 0.15) is 0 Å². The number of hydrogen-bond acceptors (Lipinski definition) is 5. The highest BCUT2D eigenvalue weighted by Gasteiger charge is 2.27. The van der Waals surface area contributed by atoms with Gasteiger partial charge < -0.3 is 4.52 Å². The van der Waals surface area contributed by atoms with Crippen LogP contribution in [0.3, 0.4) is 0 Å². The number of aromatic nitrogens is 2. The largest absolute Gasteiger partial charge is 0.338 e. The first-order valence-corrected chi connectivity index (χ1v) is 10.9. The molecule has 1 aromatic heterocycles. The standard InChI is InChI=1S/C23H21N3O3S/c1-18-12-14-20(15-13-18)23-24-22(29-25-23)17-26(16-19-8-4-2-5-9-19)30(27,28)21-10-6-3-7-11-21/h2-15H,16-17H2,1H3. The molecule has 4 aromatic rings. The molecule has 0 spiro atoms. The highest BCUT2D eigenvalue weighted by atomic mass is 32.2. The van der Waals surface area contributed by atoms with Crippen LogP contribution in [0.5, 0.6) is 0 Å². The van der Waals surface area contributed by atoms with Gasteiger partial charge in [0.25, 0.3) is 0 Å². The molecule has 0 aliphatic carbocycles. The van der Waals surface area contributed by atoms with Gasteiger partial charge in [0.15, 0.2) is 0 Å². The number of benzene rings is 3. The molecular formula is C23H21N3O3S. The average molecular weight is 420 g/mol. The fourth-order valence-electron chi connectivity index (χ4n) is 3.04. The maximum absolute atomic E-state index is 13.3. The molecule has 0 bridgehead atoms. The third-order valence-corrected chi connectivity index (χ3v) is 6.48. The number of aryl methyl sites for hydroxylation is 1. The molecule has 1 heterocycles. The Kier molecular flexibility index (Phi) is 5.74. The summed E-state index contributed by atoms with van der Waals surface area (Å²) in [6.45, 7) is 2.17. The van der Waals surface area contributed by atoms with Crippen molar-refractivity contribution in [2.45, 2.75) is 24.9 Å². The Hall–Kier alpha value is -3.29. The van der Waals surface area contributed by atoms with Gasteiger partial charge >= 0.3 is 0 Å². The van der Waals surface area contributed by atoms with E-state index in [-0.39, 0.29) is 23.9 Å². The van der Waals surface area contributed by atoms with Crippen molar-refractivity contribution in [3.05, 3.63) is 102 Å². The first-order valence-electron chi connectivity index (χ1n) is 9.51. The van der Waals surface area contributed by atoms with Gasteiger partial charge in [-0.2, -0.15) is 9.29 Å². The summed E-state index contributed by atoms with van der Waals surface area (Å²) in [5.74, 6) is 0.669. The van der Waals surface area contributed by atoms with E-state index >= 15 is 0 Å². The highest BCUT2D eigenvalue weighted by Crippen LogP contribution is 2.22. The molecule has 3 aromatic carbocycles. The number of rotatable bonds is 7. The first-order chi connectivity index (χ1) is 14.5. The summed E-state index contributed by atoms with van der Waals surface area (Å²) < 4.78 is 33.3. The van der Waals surface area contributed by atoms with Crippen LogP contribution >= 0.6 is 0 Å². The lowest BCUT2D eigenvalue weighted by Crippen LogP contribution is -2.30. The summed E-state index contributed by atoms with van der Waals surface area (Å²) in [7, 11) is -3.75. The number of hydrogen-bond donors (Lipinski definition) is 0. The van der Waals surface area contributed by atoms with Crippen LogP contribution in [-0.4, -0.2) is 22.9 Å². The molecule has 0 unspecified atom stereocenters. The Morgan fingerprint density at radius 2 is 1.47 bits per heavy atom. The molecule has 6 nitrogen and oxygen atoms in total. The zero-order valence-electron chi connectivity index (χ0n) is 16.5. The quantitative estimate of drug-likeness (QED) is 0.443. The van der Waals surface area contributed by atoms with E-state index in [1.165, 1.54) is 4.31 Å². The lowest BCUT2D eigenvalue weighted by molar-refractivity contribution is 0.312. The van der Waals surface area contributed by atoms with Crippen molar-refractivity contribution >= 4 is 10.0 Å². The monoisotopic (exact) mass is 419 g/mol. The minimum atomic E-state index is -3.75. The van der Waals surface area contributed by atoms with Crippen molar-refractivity contribution in [2.24, 2.45) is 0 Å². The van der Waals surface area contributed by atoms with E-state index in [9.17, 15) is 8.42 Å². The zero-order chi connectivity index (χ0) is 21.0. The third-order valence-electron chi connectivity index (χ3n) is 4.67. The molecule has 0 saturated heterocycles. The predicted octanol–water partition coefficient (Wildman–Crippen LogP) is 4.44. The van der Waals surface area contributed by atoms with Crippen molar-refractivity contribution in [3.63, 3.8) is 0 Å². The van der Waals surface area contributed by atoms with Crippen molar-refractivity contribution in [3.8, 4) is 11.4 Å². The summed E-state index contributed by atoms with van der Waals surface area (Å²) in [5, 5.41) is 4.02. The van der Waals surface area contributed by atoms with Crippen LogP contribution in [0, 0.1) is 6.92 Å². The molecule has 0 aliphatic heterocycles. The normalized spacial score (nSPS) is 11.7. The van der Waals surface area contributed by atoms with Gasteiger partial charge in [-0.05, 0) is 24.6 Å². The van der Waals surface area contributed by atoms with E-state index in [0.717, 1.165) is 16.7 Å². The van der Waals surface area contributed by atoms with Crippen molar-refractivity contribution in [2.75, 3.05) is 0 Å². The van der Waals surface area contributed by atoms with Crippen LogP contribution in [0.15, 0.2) is 94.3 Å². The summed E-state index contributed by atoms with van der Waals surface area (Å²) in [6.07, 6.45) is 0. The molecule has 0 N–H and O–H groups in total. The van der Waals surface area contributed by atoms with Gasteiger partial charge in [-0.3, -0.25) is 0 Å². The van der Waals surface area contributed by atoms with Gasteiger partial charge in [0.2, 0.25) is 21.7 Å². The minimum Gasteiger partial charge on any atom is -0.338 e. The average Bonchev–Trinajstić information content (AvgIpc) is 3.24. The van der Waals surface area contributed by atoms with E-state index < -0.39 is 10.0 Å². The fraction of sp³-hybridized carbons (Fsp3) is 0.130. The van der Waals surface area contributed by atoms with Crippen molar-refractivity contribution in [1.29, 1.82) is 0 Å². The smallest absolute Gasteiger partial charge is 0.243 e. The molecule has 4 rings (SSSR count). The van der Waals surface area contributed by atoms with E-state index in [4.69, 9.17) is 4.52 Å². The topological polar surface area (TPSA) is 76.3 Å². The molecule has 30 heavy (non-hydrogen) atoms. The lowest BCUT2D eigenvalue weighted by atomic mass is 10.1. The Balaban J connectivity index is 1.64.